The van der Waals surface area contributed by atoms with E-state index in [0.29, 0.717) is 47.1 Å². The van der Waals surface area contributed by atoms with Crippen molar-refractivity contribution in [3.05, 3.63) is 36.6 Å². The van der Waals surface area contributed by atoms with E-state index in [1.165, 1.54) is 22.7 Å². The zero-order valence-electron chi connectivity index (χ0n) is 14.4. The number of fused-ring (bicyclic) bond motifs is 1. The molecule has 10 heteroatoms. The number of carbonyl (C=O) groups is 1. The summed E-state index contributed by atoms with van der Waals surface area (Å²) in [6.07, 6.45) is 1.53. The summed E-state index contributed by atoms with van der Waals surface area (Å²) in [7, 11) is 0. The van der Waals surface area contributed by atoms with E-state index in [0.717, 1.165) is 0 Å². The molecular weight excluding hydrogens is 370 g/mol. The Labute approximate surface area is 158 Å². The summed E-state index contributed by atoms with van der Waals surface area (Å²) >= 11 is 1.20. The van der Waals surface area contributed by atoms with E-state index in [1.807, 2.05) is 0 Å². The Morgan fingerprint density at radius 1 is 1.26 bits per heavy atom. The first-order valence-corrected chi connectivity index (χ1v) is 9.11. The lowest BCUT2D eigenvalue weighted by Crippen LogP contribution is -2.24. The van der Waals surface area contributed by atoms with E-state index < -0.39 is 5.25 Å². The van der Waals surface area contributed by atoms with E-state index >= 15 is 0 Å². The predicted octanol–water partition coefficient (Wildman–Crippen LogP) is 2.14. The molecule has 1 aliphatic heterocycles. The molecule has 0 spiro atoms. The zero-order valence-corrected chi connectivity index (χ0v) is 15.2. The quantitative estimate of drug-likeness (QED) is 0.505. The minimum atomic E-state index is -0.450. The molecule has 4 rings (SSSR count). The highest BCUT2D eigenvalue weighted by atomic mass is 32.2. The Morgan fingerprint density at radius 2 is 2.07 bits per heavy atom. The second-order valence-corrected chi connectivity index (χ2v) is 7.07. The smallest absolute Gasteiger partial charge is 0.237 e. The standard InChI is InChI=1S/C17H17N5O4S/c1-10(27-17-21-20-15(22(17)18)13-3-2-6-24-13)16(23)19-11-4-5-12-14(9-11)26-8-7-25-12/h2-6,9-10H,7-8,18H2,1H3,(H,19,23). The van der Waals surface area contributed by atoms with E-state index in [2.05, 4.69) is 15.5 Å². The van der Waals surface area contributed by atoms with Crippen LogP contribution in [0, 0.1) is 0 Å². The number of nitrogens with one attached hydrogen (secondary N) is 1. The van der Waals surface area contributed by atoms with Crippen LogP contribution < -0.4 is 20.6 Å². The maximum absolute atomic E-state index is 12.5. The Morgan fingerprint density at radius 3 is 2.85 bits per heavy atom. The molecule has 0 fully saturated rings. The van der Waals surface area contributed by atoms with Crippen molar-refractivity contribution < 1.29 is 18.7 Å². The molecule has 27 heavy (non-hydrogen) atoms. The Balaban J connectivity index is 1.43. The van der Waals surface area contributed by atoms with Crippen LogP contribution in [0.1, 0.15) is 6.92 Å². The Bertz CT molecular complexity index is 956. The first kappa shape index (κ1) is 17.3. The third-order valence-corrected chi connectivity index (χ3v) is 4.92. The number of nitrogens with two attached hydrogens (primary N) is 1. The zero-order chi connectivity index (χ0) is 18.8. The third-order valence-electron chi connectivity index (χ3n) is 3.87. The summed E-state index contributed by atoms with van der Waals surface area (Å²) in [6.45, 7) is 2.77. The molecule has 0 aliphatic carbocycles. The minimum Gasteiger partial charge on any atom is -0.486 e. The van der Waals surface area contributed by atoms with Crippen LogP contribution in [-0.4, -0.2) is 39.2 Å². The summed E-state index contributed by atoms with van der Waals surface area (Å²) in [6, 6.07) is 8.75. The van der Waals surface area contributed by atoms with Gasteiger partial charge in [0, 0.05) is 11.8 Å². The normalized spacial score (nSPS) is 14.0. The van der Waals surface area contributed by atoms with Gasteiger partial charge < -0.3 is 25.1 Å². The van der Waals surface area contributed by atoms with Crippen molar-refractivity contribution in [3.8, 4) is 23.1 Å². The van der Waals surface area contributed by atoms with Crippen LogP contribution in [-0.2, 0) is 4.79 Å². The number of anilines is 1. The molecule has 0 bridgehead atoms. The lowest BCUT2D eigenvalue weighted by atomic mass is 10.2. The molecule has 1 unspecified atom stereocenters. The van der Waals surface area contributed by atoms with Gasteiger partial charge >= 0.3 is 0 Å². The minimum absolute atomic E-state index is 0.195. The van der Waals surface area contributed by atoms with E-state index in [4.69, 9.17) is 19.7 Å². The Kier molecular flexibility index (Phi) is 4.63. The summed E-state index contributed by atoms with van der Waals surface area (Å²) in [5.41, 5.74) is 0.627. The Hall–Kier alpha value is -3.14. The molecule has 3 N–H and O–H groups in total. The third kappa shape index (κ3) is 3.56. The number of nitrogen functional groups attached to an aromatic ring is 1. The van der Waals surface area contributed by atoms with Gasteiger partial charge in [0.2, 0.25) is 16.9 Å². The number of rotatable bonds is 5. The number of nitrogens with zero attached hydrogens (tertiary/aromatic N) is 3. The molecule has 0 saturated carbocycles. The fraction of sp³-hybridized carbons (Fsp3) is 0.235. The number of amides is 1. The average molecular weight is 387 g/mol. The van der Waals surface area contributed by atoms with Crippen molar-refractivity contribution in [1.82, 2.24) is 14.9 Å². The second kappa shape index (κ2) is 7.23. The number of benzene rings is 1. The molecule has 9 nitrogen and oxygen atoms in total. The predicted molar refractivity (Wildman–Crippen MR) is 99.3 cm³/mol. The van der Waals surface area contributed by atoms with Gasteiger partial charge in [-0.15, -0.1) is 10.2 Å². The van der Waals surface area contributed by atoms with Crippen molar-refractivity contribution in [2.45, 2.75) is 17.3 Å². The highest BCUT2D eigenvalue weighted by molar-refractivity contribution is 8.00. The van der Waals surface area contributed by atoms with E-state index in [9.17, 15) is 4.79 Å². The van der Waals surface area contributed by atoms with Crippen molar-refractivity contribution in [2.24, 2.45) is 0 Å². The van der Waals surface area contributed by atoms with Crippen LogP contribution in [0.4, 0.5) is 5.69 Å². The number of hydrogen-bond acceptors (Lipinski definition) is 8. The lowest BCUT2D eigenvalue weighted by molar-refractivity contribution is -0.115. The van der Waals surface area contributed by atoms with Crippen LogP contribution in [0.5, 0.6) is 11.5 Å². The van der Waals surface area contributed by atoms with Crippen LogP contribution >= 0.6 is 11.8 Å². The van der Waals surface area contributed by atoms with Gasteiger partial charge in [0.15, 0.2) is 17.3 Å². The van der Waals surface area contributed by atoms with E-state index in [-0.39, 0.29) is 5.91 Å². The van der Waals surface area contributed by atoms with Crippen LogP contribution in [0.2, 0.25) is 0 Å². The number of ether oxygens (including phenoxy) is 2. The molecule has 140 valence electrons. The fourth-order valence-corrected chi connectivity index (χ4v) is 3.28. The fourth-order valence-electron chi connectivity index (χ4n) is 2.51. The highest BCUT2D eigenvalue weighted by Crippen LogP contribution is 2.33. The van der Waals surface area contributed by atoms with Gasteiger partial charge in [0.05, 0.1) is 11.5 Å². The number of thioether (sulfide) groups is 1. The molecular formula is C17H17N5O4S. The maximum atomic E-state index is 12.5. The topological polar surface area (TPSA) is 117 Å². The van der Waals surface area contributed by atoms with Gasteiger partial charge in [-0.25, -0.2) is 4.68 Å². The van der Waals surface area contributed by atoms with Gasteiger partial charge in [-0.3, -0.25) is 4.79 Å². The molecule has 2 aromatic heterocycles. The summed E-state index contributed by atoms with van der Waals surface area (Å²) in [4.78, 5) is 12.5. The molecule has 0 radical (unpaired) electrons. The monoisotopic (exact) mass is 387 g/mol. The maximum Gasteiger partial charge on any atom is 0.237 e. The first-order valence-electron chi connectivity index (χ1n) is 8.23. The summed E-state index contributed by atoms with van der Waals surface area (Å²) in [5, 5.41) is 10.9. The van der Waals surface area contributed by atoms with Gasteiger partial charge in [-0.1, -0.05) is 11.8 Å². The van der Waals surface area contributed by atoms with Crippen LogP contribution in [0.25, 0.3) is 11.6 Å². The lowest BCUT2D eigenvalue weighted by Gasteiger charge is -2.19. The van der Waals surface area contributed by atoms with Crippen LogP contribution in [0.3, 0.4) is 0 Å². The summed E-state index contributed by atoms with van der Waals surface area (Å²) < 4.78 is 17.6. The van der Waals surface area contributed by atoms with Crippen molar-refractivity contribution in [2.75, 3.05) is 24.4 Å². The second-order valence-electron chi connectivity index (χ2n) is 5.76. The molecule has 1 amide bonds. The largest absolute Gasteiger partial charge is 0.486 e. The van der Waals surface area contributed by atoms with Crippen molar-refractivity contribution in [1.29, 1.82) is 0 Å². The van der Waals surface area contributed by atoms with Gasteiger partial charge in [0.25, 0.3) is 0 Å². The molecule has 1 aliphatic rings. The molecule has 1 aromatic carbocycles. The number of furan rings is 1. The van der Waals surface area contributed by atoms with Crippen molar-refractivity contribution >= 4 is 23.4 Å². The van der Waals surface area contributed by atoms with E-state index in [1.54, 1.807) is 37.3 Å². The van der Waals surface area contributed by atoms with Crippen molar-refractivity contribution in [3.63, 3.8) is 0 Å². The number of hydrogen-bond donors (Lipinski definition) is 2. The molecule has 3 heterocycles. The van der Waals surface area contributed by atoms with Gasteiger partial charge in [-0.2, -0.15) is 0 Å². The molecule has 3 aromatic rings. The number of aromatic nitrogens is 3. The SMILES string of the molecule is CC(Sc1nnc(-c2ccco2)n1N)C(=O)Nc1ccc2c(c1)OCCO2. The molecule has 1 atom stereocenters. The number of carbonyl (C=O) groups excluding carboxylic acids is 1. The highest BCUT2D eigenvalue weighted by Gasteiger charge is 2.21. The average Bonchev–Trinajstić information content (AvgIpc) is 3.32. The summed E-state index contributed by atoms with van der Waals surface area (Å²) in [5.74, 6) is 8.01. The molecule has 0 saturated heterocycles. The van der Waals surface area contributed by atoms with Crippen LogP contribution in [0.15, 0.2) is 46.2 Å². The van der Waals surface area contributed by atoms with Gasteiger partial charge in [0.1, 0.15) is 13.2 Å². The first-order chi connectivity index (χ1) is 13.1. The van der Waals surface area contributed by atoms with Gasteiger partial charge in [-0.05, 0) is 31.2 Å².